The Bertz CT molecular complexity index is 1230. The maximum atomic E-state index is 12.6. The van der Waals surface area contributed by atoms with E-state index in [0.717, 1.165) is 5.56 Å². The van der Waals surface area contributed by atoms with Crippen molar-refractivity contribution in [1.29, 1.82) is 0 Å². The zero-order valence-electron chi connectivity index (χ0n) is 20.0. The van der Waals surface area contributed by atoms with E-state index in [4.69, 9.17) is 19.4 Å². The second-order valence-corrected chi connectivity index (χ2v) is 8.26. The topological polar surface area (TPSA) is 123 Å². The van der Waals surface area contributed by atoms with Gasteiger partial charge in [0.2, 0.25) is 0 Å². The molecule has 0 radical (unpaired) electrons. The van der Waals surface area contributed by atoms with Gasteiger partial charge in [-0.2, -0.15) is 0 Å². The fourth-order valence-electron chi connectivity index (χ4n) is 4.22. The molecule has 0 saturated carbocycles. The minimum Gasteiger partial charge on any atom is -0.491 e. The van der Waals surface area contributed by atoms with Gasteiger partial charge in [0.15, 0.2) is 0 Å². The average molecular weight is 506 g/mol. The van der Waals surface area contributed by atoms with Gasteiger partial charge in [0, 0.05) is 12.8 Å². The minimum atomic E-state index is -1.19. The summed E-state index contributed by atoms with van der Waals surface area (Å²) >= 11 is 0. The summed E-state index contributed by atoms with van der Waals surface area (Å²) in [5.74, 6) is -1.42. The van der Waals surface area contributed by atoms with Gasteiger partial charge in [0.05, 0.1) is 25.4 Å². The molecule has 1 saturated heterocycles. The molecule has 37 heavy (non-hydrogen) atoms. The molecule has 9 nitrogen and oxygen atoms in total. The van der Waals surface area contributed by atoms with Crippen LogP contribution in [-0.2, 0) is 24.8 Å². The van der Waals surface area contributed by atoms with E-state index in [0.29, 0.717) is 21.9 Å². The van der Waals surface area contributed by atoms with Gasteiger partial charge in [-0.1, -0.05) is 54.6 Å². The van der Waals surface area contributed by atoms with Crippen LogP contribution in [0.4, 0.5) is 0 Å². The third-order valence-electron chi connectivity index (χ3n) is 5.90. The van der Waals surface area contributed by atoms with Crippen LogP contribution in [0.25, 0.3) is 0 Å². The lowest BCUT2D eigenvalue weighted by Gasteiger charge is -2.36. The summed E-state index contributed by atoms with van der Waals surface area (Å²) in [6.45, 7) is -0.226. The van der Waals surface area contributed by atoms with Crippen molar-refractivity contribution in [3.05, 3.63) is 101 Å². The lowest BCUT2D eigenvalue weighted by Crippen LogP contribution is -2.34. The Labute approximate surface area is 213 Å². The molecule has 4 rings (SSSR count). The van der Waals surface area contributed by atoms with Crippen LogP contribution in [0.15, 0.2) is 78.9 Å². The number of imide groups is 1. The number of carbonyl (C=O) groups excluding carboxylic acids is 3. The third kappa shape index (κ3) is 5.54. The van der Waals surface area contributed by atoms with E-state index >= 15 is 0 Å². The maximum absolute atomic E-state index is 12.6. The average Bonchev–Trinajstić information content (AvgIpc) is 3.25. The molecular weight excluding hydrogens is 478 g/mol. The van der Waals surface area contributed by atoms with E-state index in [-0.39, 0.29) is 44.8 Å². The van der Waals surface area contributed by atoms with Gasteiger partial charge in [0.25, 0.3) is 11.8 Å². The Kier molecular flexibility index (Phi) is 8.29. The third-order valence-corrected chi connectivity index (χ3v) is 5.90. The first-order valence-corrected chi connectivity index (χ1v) is 11.8. The minimum absolute atomic E-state index is 0.00786. The quantitative estimate of drug-likeness (QED) is 0.301. The number of hydrogen-bond donors (Lipinski definition) is 2. The Morgan fingerprint density at radius 3 is 2.05 bits per heavy atom. The molecule has 3 aromatic carbocycles. The lowest BCUT2D eigenvalue weighted by atomic mass is 9.79. The van der Waals surface area contributed by atoms with Crippen LogP contribution in [0.1, 0.15) is 39.9 Å². The van der Waals surface area contributed by atoms with Crippen LogP contribution in [0.2, 0.25) is 0 Å². The number of aliphatic hydroxyl groups excluding tert-OH is 2. The summed E-state index contributed by atoms with van der Waals surface area (Å²) in [6, 6.07) is 23.1. The molecule has 1 heterocycles. The second-order valence-electron chi connectivity index (χ2n) is 8.26. The highest BCUT2D eigenvalue weighted by molar-refractivity contribution is 6.02. The van der Waals surface area contributed by atoms with E-state index in [9.17, 15) is 19.5 Å². The zero-order valence-corrected chi connectivity index (χ0v) is 20.0. The largest absolute Gasteiger partial charge is 0.491 e. The molecule has 1 aliphatic rings. The van der Waals surface area contributed by atoms with Crippen molar-refractivity contribution >= 4 is 17.8 Å². The van der Waals surface area contributed by atoms with Crippen molar-refractivity contribution in [2.75, 3.05) is 26.4 Å². The Hall–Kier alpha value is -4.05. The summed E-state index contributed by atoms with van der Waals surface area (Å²) < 4.78 is 12.0. The highest BCUT2D eigenvalue weighted by atomic mass is 16.7. The molecule has 0 aliphatic carbocycles. The molecule has 192 valence electrons. The van der Waals surface area contributed by atoms with E-state index in [1.165, 1.54) is 12.1 Å². The van der Waals surface area contributed by atoms with Crippen LogP contribution < -0.4 is 4.74 Å². The Morgan fingerprint density at radius 2 is 1.41 bits per heavy atom. The Morgan fingerprint density at radius 1 is 0.784 bits per heavy atom. The van der Waals surface area contributed by atoms with Gasteiger partial charge in [-0.15, -0.1) is 5.06 Å². The Balaban J connectivity index is 1.75. The van der Waals surface area contributed by atoms with E-state index in [2.05, 4.69) is 0 Å². The molecule has 2 N–H and O–H groups in total. The van der Waals surface area contributed by atoms with Gasteiger partial charge < -0.3 is 24.5 Å². The molecular formula is C28H27NO8. The van der Waals surface area contributed by atoms with Crippen LogP contribution in [0.5, 0.6) is 5.75 Å². The van der Waals surface area contributed by atoms with Crippen molar-refractivity contribution in [3.8, 4) is 5.75 Å². The van der Waals surface area contributed by atoms with Crippen molar-refractivity contribution in [2.45, 2.75) is 18.4 Å². The predicted molar refractivity (Wildman–Crippen MR) is 131 cm³/mol. The molecule has 1 fully saturated rings. The monoisotopic (exact) mass is 505 g/mol. The fraction of sp³-hybridized carbons (Fsp3) is 0.250. The predicted octanol–water partition coefficient (Wildman–Crippen LogP) is 2.58. The number of benzene rings is 3. The molecule has 0 bridgehead atoms. The number of rotatable bonds is 11. The zero-order chi connectivity index (χ0) is 26.3. The number of hydrogen-bond acceptors (Lipinski definition) is 8. The van der Waals surface area contributed by atoms with Crippen molar-refractivity contribution in [1.82, 2.24) is 5.06 Å². The van der Waals surface area contributed by atoms with Crippen LogP contribution in [-0.4, -0.2) is 59.5 Å². The van der Waals surface area contributed by atoms with Crippen LogP contribution >= 0.6 is 0 Å². The summed E-state index contributed by atoms with van der Waals surface area (Å²) in [5.41, 5.74) is 1.07. The van der Waals surface area contributed by atoms with Crippen LogP contribution in [0, 0.1) is 0 Å². The molecule has 0 aromatic heterocycles. The van der Waals surface area contributed by atoms with Gasteiger partial charge in [-0.05, 0) is 41.0 Å². The molecule has 2 amide bonds. The van der Waals surface area contributed by atoms with Crippen molar-refractivity contribution < 1.29 is 38.9 Å². The summed E-state index contributed by atoms with van der Waals surface area (Å²) in [7, 11) is 0. The summed E-state index contributed by atoms with van der Waals surface area (Å²) in [4.78, 5) is 41.3. The van der Waals surface area contributed by atoms with Crippen LogP contribution in [0.3, 0.4) is 0 Å². The van der Waals surface area contributed by atoms with E-state index in [1.807, 2.05) is 36.4 Å². The summed E-state index contributed by atoms with van der Waals surface area (Å²) in [5, 5.41) is 19.3. The van der Waals surface area contributed by atoms with E-state index in [1.54, 1.807) is 30.3 Å². The van der Waals surface area contributed by atoms with Gasteiger partial charge in [-0.25, -0.2) is 4.79 Å². The molecule has 0 spiro atoms. The molecule has 3 aromatic rings. The number of aliphatic hydroxyl groups is 2. The standard InChI is InChI=1S/C28H27NO8/c30-15-17-35-24-8-4-7-23(19-24)28(36-18-16-31,21-5-2-1-3-6-21)22-11-9-20(10-12-22)27(34)37-29-25(32)13-14-26(29)33/h1-12,19,30-31H,13-18H2. The van der Waals surface area contributed by atoms with Gasteiger partial charge in [0.1, 0.15) is 18.0 Å². The number of nitrogens with zero attached hydrogens (tertiary/aromatic N) is 1. The van der Waals surface area contributed by atoms with Crippen molar-refractivity contribution in [2.24, 2.45) is 0 Å². The number of carbonyl (C=O) groups is 3. The molecule has 1 atom stereocenters. The van der Waals surface area contributed by atoms with Crippen molar-refractivity contribution in [3.63, 3.8) is 0 Å². The maximum Gasteiger partial charge on any atom is 0.363 e. The molecule has 1 aliphatic heterocycles. The smallest absolute Gasteiger partial charge is 0.363 e. The first-order chi connectivity index (χ1) is 18.0. The normalized spacial score (nSPS) is 14.9. The highest BCUT2D eigenvalue weighted by Crippen LogP contribution is 2.41. The lowest BCUT2D eigenvalue weighted by molar-refractivity contribution is -0.172. The highest BCUT2D eigenvalue weighted by Gasteiger charge is 2.38. The first kappa shape index (κ1) is 26.0. The summed E-state index contributed by atoms with van der Waals surface area (Å²) in [6.07, 6.45) is 0.0157. The number of hydroxylamine groups is 2. The SMILES string of the molecule is O=C(ON1C(=O)CCC1=O)c1ccc(C(OCCO)(c2ccccc2)c2cccc(OCCO)c2)cc1. The fourth-order valence-corrected chi connectivity index (χ4v) is 4.22. The number of amides is 2. The van der Waals surface area contributed by atoms with Gasteiger partial charge >= 0.3 is 5.97 Å². The first-order valence-electron chi connectivity index (χ1n) is 11.8. The van der Waals surface area contributed by atoms with Gasteiger partial charge in [-0.3, -0.25) is 9.59 Å². The number of ether oxygens (including phenoxy) is 2. The van der Waals surface area contributed by atoms with E-state index < -0.39 is 23.4 Å². The second kappa shape index (κ2) is 11.8. The molecule has 9 heteroatoms. The molecule has 1 unspecified atom stereocenters.